The molecule has 0 bridgehead atoms. The summed E-state index contributed by atoms with van der Waals surface area (Å²) in [6.45, 7) is 1.55. The Balaban J connectivity index is 2.11. The molecule has 0 saturated carbocycles. The zero-order chi connectivity index (χ0) is 13.7. The Kier molecular flexibility index (Phi) is 4.85. The average Bonchev–Trinajstić information content (AvgIpc) is 2.88. The molecule has 1 heterocycles. The third-order valence-corrected chi connectivity index (χ3v) is 3.07. The second-order valence-corrected chi connectivity index (χ2v) is 4.53. The minimum absolute atomic E-state index is 0.168. The van der Waals surface area contributed by atoms with Crippen molar-refractivity contribution >= 4 is 11.6 Å². The number of aliphatic hydroxyl groups is 1. The zero-order valence-corrected chi connectivity index (χ0v) is 11.5. The van der Waals surface area contributed by atoms with E-state index in [1.165, 1.54) is 0 Å². The van der Waals surface area contributed by atoms with Gasteiger partial charge in [-0.25, -0.2) is 0 Å². The van der Waals surface area contributed by atoms with Crippen molar-refractivity contribution in [2.45, 2.75) is 6.54 Å². The highest BCUT2D eigenvalue weighted by Crippen LogP contribution is 2.30. The second kappa shape index (κ2) is 6.61. The normalized spacial score (nSPS) is 10.7. The monoisotopic (exact) mass is 282 g/mol. The standard InChI is InChI=1S/C14H16ClNO3/c1-18-14-4-2-10(8-12(14)15)13-5-3-11(19-13)9-16-6-7-17/h2-5,8,16-17H,6-7,9H2,1H3/p+1. The van der Waals surface area contributed by atoms with E-state index in [4.69, 9.17) is 25.9 Å². The van der Waals surface area contributed by atoms with Gasteiger partial charge in [0.15, 0.2) is 5.76 Å². The summed E-state index contributed by atoms with van der Waals surface area (Å²) >= 11 is 6.09. The van der Waals surface area contributed by atoms with Gasteiger partial charge in [0.25, 0.3) is 0 Å². The maximum absolute atomic E-state index is 8.72. The Bertz CT molecular complexity index is 539. The van der Waals surface area contributed by atoms with Gasteiger partial charge in [-0.3, -0.25) is 0 Å². The first kappa shape index (κ1) is 13.9. The van der Waals surface area contributed by atoms with Crippen LogP contribution < -0.4 is 10.1 Å². The predicted molar refractivity (Wildman–Crippen MR) is 73.3 cm³/mol. The fourth-order valence-electron chi connectivity index (χ4n) is 1.80. The Morgan fingerprint density at radius 3 is 2.84 bits per heavy atom. The lowest BCUT2D eigenvalue weighted by Gasteiger charge is -2.04. The number of quaternary nitrogens is 1. The van der Waals surface area contributed by atoms with Crippen molar-refractivity contribution in [3.63, 3.8) is 0 Å². The van der Waals surface area contributed by atoms with Crippen LogP contribution in [0.2, 0.25) is 5.02 Å². The van der Waals surface area contributed by atoms with Crippen LogP contribution in [0.15, 0.2) is 34.7 Å². The van der Waals surface area contributed by atoms with Gasteiger partial charge in [-0.15, -0.1) is 0 Å². The maximum Gasteiger partial charge on any atom is 0.158 e. The van der Waals surface area contributed by atoms with Crippen molar-refractivity contribution in [1.82, 2.24) is 0 Å². The van der Waals surface area contributed by atoms with Crippen LogP contribution in [0, 0.1) is 0 Å². The topological polar surface area (TPSA) is 59.2 Å². The van der Waals surface area contributed by atoms with Crippen molar-refractivity contribution in [2.24, 2.45) is 0 Å². The first-order valence-corrected chi connectivity index (χ1v) is 6.47. The maximum atomic E-state index is 8.72. The molecule has 2 aromatic rings. The second-order valence-electron chi connectivity index (χ2n) is 4.12. The molecule has 0 amide bonds. The van der Waals surface area contributed by atoms with Crippen molar-refractivity contribution in [3.05, 3.63) is 41.1 Å². The molecule has 0 atom stereocenters. The molecule has 0 unspecified atom stereocenters. The fraction of sp³-hybridized carbons (Fsp3) is 0.286. The molecular formula is C14H17ClNO3+. The molecule has 5 heteroatoms. The lowest BCUT2D eigenvalue weighted by molar-refractivity contribution is -0.673. The lowest BCUT2D eigenvalue weighted by atomic mass is 10.2. The number of aliphatic hydroxyl groups excluding tert-OH is 1. The molecule has 0 aliphatic carbocycles. The summed E-state index contributed by atoms with van der Waals surface area (Å²) in [5.74, 6) is 2.29. The first-order chi connectivity index (χ1) is 9.24. The molecular weight excluding hydrogens is 266 g/mol. The Morgan fingerprint density at radius 1 is 1.32 bits per heavy atom. The molecule has 3 N–H and O–H groups in total. The number of rotatable bonds is 6. The summed E-state index contributed by atoms with van der Waals surface area (Å²) in [4.78, 5) is 0. The van der Waals surface area contributed by atoms with Crippen molar-refractivity contribution in [3.8, 4) is 17.1 Å². The number of furan rings is 1. The van der Waals surface area contributed by atoms with Gasteiger partial charge in [0.05, 0.1) is 25.3 Å². The summed E-state index contributed by atoms with van der Waals surface area (Å²) in [5.41, 5.74) is 0.916. The zero-order valence-electron chi connectivity index (χ0n) is 10.7. The minimum Gasteiger partial charge on any atom is -0.495 e. The summed E-state index contributed by atoms with van der Waals surface area (Å²) in [5, 5.41) is 11.3. The number of methoxy groups -OCH3 is 1. The molecule has 19 heavy (non-hydrogen) atoms. The van der Waals surface area contributed by atoms with Gasteiger partial charge in [0.2, 0.25) is 0 Å². The molecule has 2 rings (SSSR count). The third kappa shape index (κ3) is 3.50. The molecule has 0 aliphatic heterocycles. The molecule has 102 valence electrons. The van der Waals surface area contributed by atoms with Crippen LogP contribution in [-0.4, -0.2) is 25.4 Å². The third-order valence-electron chi connectivity index (χ3n) is 2.78. The molecule has 0 aliphatic rings. The van der Waals surface area contributed by atoms with Gasteiger partial charge in [0, 0.05) is 5.56 Å². The minimum atomic E-state index is 0.168. The van der Waals surface area contributed by atoms with Crippen molar-refractivity contribution in [1.29, 1.82) is 0 Å². The van der Waals surface area contributed by atoms with E-state index in [-0.39, 0.29) is 6.61 Å². The van der Waals surface area contributed by atoms with Crippen LogP contribution >= 0.6 is 11.6 Å². The van der Waals surface area contributed by atoms with Crippen LogP contribution in [0.5, 0.6) is 5.75 Å². The van der Waals surface area contributed by atoms with Gasteiger partial charge in [-0.1, -0.05) is 11.6 Å². The van der Waals surface area contributed by atoms with Crippen LogP contribution in [0.25, 0.3) is 11.3 Å². The van der Waals surface area contributed by atoms with Crippen LogP contribution in [0.3, 0.4) is 0 Å². The van der Waals surface area contributed by atoms with Crippen LogP contribution in [-0.2, 0) is 6.54 Å². The summed E-state index contributed by atoms with van der Waals surface area (Å²) in [6.07, 6.45) is 0. The van der Waals surface area contributed by atoms with E-state index in [1.807, 2.05) is 35.6 Å². The summed E-state index contributed by atoms with van der Waals surface area (Å²) in [7, 11) is 1.59. The van der Waals surface area contributed by atoms with Crippen molar-refractivity contribution in [2.75, 3.05) is 20.3 Å². The van der Waals surface area contributed by atoms with Gasteiger partial charge in [-0.2, -0.15) is 0 Å². The molecule has 0 fully saturated rings. The van der Waals surface area contributed by atoms with E-state index in [1.54, 1.807) is 7.11 Å². The predicted octanol–water partition coefficient (Wildman–Crippen LogP) is 1.66. The first-order valence-electron chi connectivity index (χ1n) is 6.09. The van der Waals surface area contributed by atoms with Gasteiger partial charge < -0.3 is 19.6 Å². The lowest BCUT2D eigenvalue weighted by Crippen LogP contribution is -2.83. The highest BCUT2D eigenvalue weighted by molar-refractivity contribution is 6.32. The Morgan fingerprint density at radius 2 is 2.16 bits per heavy atom. The molecule has 0 radical (unpaired) electrons. The average molecular weight is 283 g/mol. The highest BCUT2D eigenvalue weighted by Gasteiger charge is 2.08. The van der Waals surface area contributed by atoms with E-state index in [9.17, 15) is 0 Å². The largest absolute Gasteiger partial charge is 0.495 e. The molecule has 1 aromatic carbocycles. The Labute approximate surface area is 117 Å². The number of benzene rings is 1. The van der Waals surface area contributed by atoms with E-state index >= 15 is 0 Å². The highest BCUT2D eigenvalue weighted by atomic mass is 35.5. The Hall–Kier alpha value is -1.49. The van der Waals surface area contributed by atoms with Gasteiger partial charge in [-0.05, 0) is 30.3 Å². The van der Waals surface area contributed by atoms with Crippen LogP contribution in [0.4, 0.5) is 0 Å². The van der Waals surface area contributed by atoms with E-state index in [2.05, 4.69) is 0 Å². The quantitative estimate of drug-likeness (QED) is 0.792. The van der Waals surface area contributed by atoms with E-state index in [0.29, 0.717) is 23.9 Å². The molecule has 0 spiro atoms. The molecule has 4 nitrogen and oxygen atoms in total. The van der Waals surface area contributed by atoms with Gasteiger partial charge >= 0.3 is 0 Å². The fourth-order valence-corrected chi connectivity index (χ4v) is 2.06. The van der Waals surface area contributed by atoms with Crippen molar-refractivity contribution < 1.29 is 19.6 Å². The van der Waals surface area contributed by atoms with Gasteiger partial charge in [0.1, 0.15) is 18.1 Å². The molecule has 1 aromatic heterocycles. The van der Waals surface area contributed by atoms with Crippen LogP contribution in [0.1, 0.15) is 5.76 Å². The number of ether oxygens (including phenoxy) is 1. The van der Waals surface area contributed by atoms with E-state index in [0.717, 1.165) is 17.1 Å². The number of nitrogens with two attached hydrogens (primary N) is 1. The molecule has 0 saturated heterocycles. The van der Waals surface area contributed by atoms with E-state index < -0.39 is 0 Å². The summed E-state index contributed by atoms with van der Waals surface area (Å²) in [6, 6.07) is 9.39. The smallest absolute Gasteiger partial charge is 0.158 e. The summed E-state index contributed by atoms with van der Waals surface area (Å²) < 4.78 is 10.8. The SMILES string of the molecule is COc1ccc(-c2ccc(C[NH2+]CCO)o2)cc1Cl. The number of halogens is 1. The number of hydrogen-bond acceptors (Lipinski definition) is 3. The number of hydrogen-bond donors (Lipinski definition) is 2.